The van der Waals surface area contributed by atoms with Crippen molar-refractivity contribution in [3.63, 3.8) is 0 Å². The number of rotatable bonds is 3. The van der Waals surface area contributed by atoms with Gasteiger partial charge in [-0.3, -0.25) is 19.2 Å². The lowest BCUT2D eigenvalue weighted by Crippen LogP contribution is -2.61. The van der Waals surface area contributed by atoms with Gasteiger partial charge in [0.2, 0.25) is 17.7 Å². The van der Waals surface area contributed by atoms with Crippen LogP contribution in [0.1, 0.15) is 59.1 Å². The van der Waals surface area contributed by atoms with Crippen LogP contribution in [0.2, 0.25) is 0 Å². The lowest BCUT2D eigenvalue weighted by molar-refractivity contribution is -0.162. The molecule has 0 saturated carbocycles. The first kappa shape index (κ1) is 31.4. The number of likely N-dealkylation sites (tertiary alicyclic amines) is 1. The molecule has 3 amide bonds. The topological polar surface area (TPSA) is 125 Å². The number of benzene rings is 1. The molecule has 2 fully saturated rings. The van der Waals surface area contributed by atoms with Crippen LogP contribution in [-0.4, -0.2) is 87.1 Å². The molecular formula is C32H40BrN3O7. The number of carbonyl (C=O) groups excluding carboxylic acids is 4. The number of amides is 3. The Bertz CT molecular complexity index is 1340. The normalized spacial score (nSPS) is 34.9. The average molecular weight is 659 g/mol. The monoisotopic (exact) mass is 657 g/mol. The van der Waals surface area contributed by atoms with Gasteiger partial charge in [0.15, 0.2) is 0 Å². The van der Waals surface area contributed by atoms with E-state index >= 15 is 0 Å². The summed E-state index contributed by atoms with van der Waals surface area (Å²) in [6.07, 6.45) is 4.47. The molecule has 10 nitrogen and oxygen atoms in total. The molecule has 5 bridgehead atoms. The highest BCUT2D eigenvalue weighted by Crippen LogP contribution is 2.59. The summed E-state index contributed by atoms with van der Waals surface area (Å²) in [7, 11) is 0. The summed E-state index contributed by atoms with van der Waals surface area (Å²) in [6.45, 7) is 9.05. The smallest absolute Gasteiger partial charge is 0.313 e. The van der Waals surface area contributed by atoms with Gasteiger partial charge in [-0.2, -0.15) is 0 Å². The van der Waals surface area contributed by atoms with Crippen LogP contribution in [-0.2, 0) is 28.7 Å². The van der Waals surface area contributed by atoms with Crippen molar-refractivity contribution in [3.8, 4) is 0 Å². The Balaban J connectivity index is 1.64. The second-order valence-electron chi connectivity index (χ2n) is 12.9. The molecule has 2 saturated heterocycles. The minimum atomic E-state index is -1.44. The molecule has 11 heteroatoms. The number of nitrogens with zero attached hydrogens (tertiary/aromatic N) is 2. The third-order valence-corrected chi connectivity index (χ3v) is 9.57. The second kappa shape index (κ2) is 11.8. The van der Waals surface area contributed by atoms with E-state index in [0.717, 1.165) is 0 Å². The van der Waals surface area contributed by atoms with Crippen molar-refractivity contribution in [1.82, 2.24) is 15.1 Å². The Kier molecular flexibility index (Phi) is 8.63. The van der Waals surface area contributed by atoms with Crippen molar-refractivity contribution in [2.24, 2.45) is 11.8 Å². The molecule has 0 unspecified atom stereocenters. The lowest BCUT2D eigenvalue weighted by atomic mass is 9.74. The van der Waals surface area contributed by atoms with Crippen LogP contribution in [0.25, 0.3) is 0 Å². The van der Waals surface area contributed by atoms with Gasteiger partial charge in [0.1, 0.15) is 29.8 Å². The lowest BCUT2D eigenvalue weighted by Gasteiger charge is -2.42. The van der Waals surface area contributed by atoms with E-state index in [1.54, 1.807) is 24.8 Å². The molecule has 4 aliphatic heterocycles. The zero-order valence-electron chi connectivity index (χ0n) is 25.2. The summed E-state index contributed by atoms with van der Waals surface area (Å²) >= 11 is 3.56. The Morgan fingerprint density at radius 3 is 2.44 bits per heavy atom. The molecular weight excluding hydrogens is 618 g/mol. The number of carbonyl (C=O) groups is 4. The van der Waals surface area contributed by atoms with E-state index < -0.39 is 65.2 Å². The second-order valence-corrected chi connectivity index (χ2v) is 13.8. The molecule has 0 radical (unpaired) electrons. The van der Waals surface area contributed by atoms with Gasteiger partial charge in [-0.15, -0.1) is 0 Å². The van der Waals surface area contributed by atoms with Gasteiger partial charge in [-0.05, 0) is 52.7 Å². The number of hydrogen-bond donors (Lipinski definition) is 2. The number of nitrogens with one attached hydrogen (secondary N) is 1. The van der Waals surface area contributed by atoms with Gasteiger partial charge in [0.25, 0.3) is 0 Å². The van der Waals surface area contributed by atoms with Crippen LogP contribution in [0.4, 0.5) is 0 Å². The summed E-state index contributed by atoms with van der Waals surface area (Å²) in [5.41, 5.74) is -1.38. The van der Waals surface area contributed by atoms with Crippen LogP contribution < -0.4 is 5.32 Å². The molecule has 43 heavy (non-hydrogen) atoms. The van der Waals surface area contributed by atoms with Gasteiger partial charge in [-0.1, -0.05) is 58.4 Å². The van der Waals surface area contributed by atoms with E-state index in [0.29, 0.717) is 16.5 Å². The molecule has 0 aliphatic carbocycles. The number of allylic oxidation sites excluding steroid dienone is 1. The van der Waals surface area contributed by atoms with Crippen molar-refractivity contribution in [2.45, 2.75) is 88.9 Å². The fourth-order valence-electron chi connectivity index (χ4n) is 6.83. The molecule has 0 aromatic heterocycles. The van der Waals surface area contributed by atoms with Gasteiger partial charge < -0.3 is 29.7 Å². The van der Waals surface area contributed by atoms with Gasteiger partial charge >= 0.3 is 5.97 Å². The zero-order valence-corrected chi connectivity index (χ0v) is 26.7. The standard InChI is InChI=1S/C32H40BrN3O7/c1-18(17-37)36-27-29(40)35(31(3,4)5)15-11-7-10-14-22(38)34-19(2)25(20-12-8-6-9-13-20)42-30(41)23-24(28(36)39)32(27)16-21(33)26(23)43-32/h6-9,11-13,16,18-19,23-27,37H,10,14-15,17H2,1-5H3,(H,34,38)/b11-7-/t18-,19-,23+,24-,25+,26+,27+,32-/m1/s1. The number of halogens is 1. The van der Waals surface area contributed by atoms with Crippen molar-refractivity contribution in [1.29, 1.82) is 0 Å². The van der Waals surface area contributed by atoms with Crippen LogP contribution >= 0.6 is 15.9 Å². The molecule has 2 N–H and O–H groups in total. The highest BCUT2D eigenvalue weighted by molar-refractivity contribution is 9.11. The Hall–Kier alpha value is -3.02. The van der Waals surface area contributed by atoms with E-state index in [-0.39, 0.29) is 31.4 Å². The SMILES string of the molecule is C[C@H](CO)N1C(=O)[C@H]2[C@@H]3C(=O)O[C@H](c4ccccc4)[C@@H](C)NC(=O)CC/C=C\CN(C(C)(C)C)C(=O)[C@H]1[C@@]21C=C(Br)[C@@H]3O1. The minimum absolute atomic E-state index is 0.196. The number of ether oxygens (including phenoxy) is 2. The molecule has 1 spiro atoms. The first-order valence-electron chi connectivity index (χ1n) is 14.8. The van der Waals surface area contributed by atoms with Gasteiger partial charge in [0.05, 0.1) is 24.6 Å². The van der Waals surface area contributed by atoms with E-state index in [1.807, 2.05) is 63.3 Å². The fraction of sp³-hybridized carbons (Fsp3) is 0.562. The van der Waals surface area contributed by atoms with Crippen molar-refractivity contribution in [2.75, 3.05) is 13.2 Å². The largest absolute Gasteiger partial charge is 0.455 e. The fourth-order valence-corrected chi connectivity index (χ4v) is 7.57. The zero-order chi connectivity index (χ0) is 31.3. The molecule has 1 aromatic rings. The maximum atomic E-state index is 14.6. The number of cyclic esters (lactones) is 1. The van der Waals surface area contributed by atoms with Crippen LogP contribution in [0, 0.1) is 11.8 Å². The summed E-state index contributed by atoms with van der Waals surface area (Å²) < 4.78 is 13.3. The number of fused-ring (bicyclic) bond motifs is 2. The quantitative estimate of drug-likeness (QED) is 0.378. The first-order chi connectivity index (χ1) is 20.3. The third kappa shape index (κ3) is 5.44. The Morgan fingerprint density at radius 1 is 1.09 bits per heavy atom. The number of esters is 1. The maximum absolute atomic E-state index is 14.6. The number of hydrogen-bond acceptors (Lipinski definition) is 7. The van der Waals surface area contributed by atoms with Crippen molar-refractivity contribution in [3.05, 3.63) is 58.6 Å². The predicted molar refractivity (Wildman–Crippen MR) is 161 cm³/mol. The summed E-state index contributed by atoms with van der Waals surface area (Å²) in [6, 6.07) is 6.75. The van der Waals surface area contributed by atoms with Crippen LogP contribution in [0.15, 0.2) is 53.0 Å². The molecule has 1 aromatic carbocycles. The summed E-state index contributed by atoms with van der Waals surface area (Å²) in [4.78, 5) is 59.0. The highest BCUT2D eigenvalue weighted by Gasteiger charge is 2.75. The number of aliphatic hydroxyl groups excluding tert-OH is 1. The van der Waals surface area contributed by atoms with Crippen molar-refractivity contribution >= 4 is 39.6 Å². The summed E-state index contributed by atoms with van der Waals surface area (Å²) in [5.74, 6) is -3.73. The van der Waals surface area contributed by atoms with Crippen molar-refractivity contribution < 1.29 is 33.8 Å². The molecule has 232 valence electrons. The first-order valence-corrected chi connectivity index (χ1v) is 15.6. The van der Waals surface area contributed by atoms with E-state index in [9.17, 15) is 24.3 Å². The Morgan fingerprint density at radius 2 is 1.79 bits per heavy atom. The predicted octanol–water partition coefficient (Wildman–Crippen LogP) is 3.01. The van der Waals surface area contributed by atoms with Crippen LogP contribution in [0.3, 0.4) is 0 Å². The van der Waals surface area contributed by atoms with Crippen LogP contribution in [0.5, 0.6) is 0 Å². The highest BCUT2D eigenvalue weighted by atomic mass is 79.9. The Labute approximate surface area is 260 Å². The minimum Gasteiger partial charge on any atom is -0.455 e. The van der Waals surface area contributed by atoms with Gasteiger partial charge in [-0.25, -0.2) is 0 Å². The average Bonchev–Trinajstić information content (AvgIpc) is 3.55. The van der Waals surface area contributed by atoms with Gasteiger partial charge in [0, 0.05) is 23.0 Å². The maximum Gasteiger partial charge on any atom is 0.313 e. The molecule has 4 heterocycles. The molecule has 4 aliphatic rings. The summed E-state index contributed by atoms with van der Waals surface area (Å²) in [5, 5.41) is 13.2. The van der Waals surface area contributed by atoms with E-state index in [1.165, 1.54) is 4.90 Å². The third-order valence-electron chi connectivity index (χ3n) is 8.89. The molecule has 5 rings (SSSR count). The van der Waals surface area contributed by atoms with E-state index in [2.05, 4.69) is 21.2 Å². The van der Waals surface area contributed by atoms with E-state index in [4.69, 9.17) is 9.47 Å². The number of aliphatic hydroxyl groups is 1. The molecule has 8 atom stereocenters.